The summed E-state index contributed by atoms with van der Waals surface area (Å²) in [5.41, 5.74) is 5.21. The summed E-state index contributed by atoms with van der Waals surface area (Å²) in [4.78, 5) is 11.8. The van der Waals surface area contributed by atoms with Gasteiger partial charge in [0.2, 0.25) is 0 Å². The first-order valence-corrected chi connectivity index (χ1v) is 6.85. The molecule has 0 bridgehead atoms. The largest absolute Gasteiger partial charge is 0.416 e. The van der Waals surface area contributed by atoms with E-state index in [9.17, 15) is 18.0 Å². The van der Waals surface area contributed by atoms with E-state index in [-0.39, 0.29) is 12.0 Å². The fraction of sp³-hybridized carbons (Fsp3) is 0.500. The van der Waals surface area contributed by atoms with E-state index in [2.05, 4.69) is 10.6 Å². The highest BCUT2D eigenvalue weighted by molar-refractivity contribution is 5.89. The summed E-state index contributed by atoms with van der Waals surface area (Å²) in [5, 5.41) is 5.35. The zero-order valence-electron chi connectivity index (χ0n) is 11.4. The Kier molecular flexibility index (Phi) is 4.72. The van der Waals surface area contributed by atoms with Gasteiger partial charge in [-0.05, 0) is 49.6 Å². The molecular weight excluding hydrogens is 283 g/mol. The highest BCUT2D eigenvalue weighted by atomic mass is 19.4. The lowest BCUT2D eigenvalue weighted by Gasteiger charge is -2.19. The van der Waals surface area contributed by atoms with Crippen LogP contribution < -0.4 is 16.4 Å². The fourth-order valence-corrected chi connectivity index (χ4v) is 2.59. The summed E-state index contributed by atoms with van der Waals surface area (Å²) in [6.45, 7) is 0.519. The number of halogens is 3. The van der Waals surface area contributed by atoms with Gasteiger partial charge in [0.05, 0.1) is 5.56 Å². The number of carbonyl (C=O) groups is 1. The van der Waals surface area contributed by atoms with Crippen molar-refractivity contribution in [2.24, 2.45) is 11.7 Å². The van der Waals surface area contributed by atoms with E-state index in [0.717, 1.165) is 31.4 Å². The third-order valence-corrected chi connectivity index (χ3v) is 3.75. The average Bonchev–Trinajstić information content (AvgIpc) is 2.85. The van der Waals surface area contributed by atoms with Crippen LogP contribution in [0, 0.1) is 5.92 Å². The van der Waals surface area contributed by atoms with E-state index in [4.69, 9.17) is 5.73 Å². The topological polar surface area (TPSA) is 67.1 Å². The molecule has 2 amide bonds. The van der Waals surface area contributed by atoms with E-state index in [1.807, 2.05) is 0 Å². The van der Waals surface area contributed by atoms with Crippen LogP contribution in [-0.2, 0) is 6.18 Å². The molecule has 1 aromatic rings. The van der Waals surface area contributed by atoms with Crippen LogP contribution in [-0.4, -0.2) is 18.6 Å². The van der Waals surface area contributed by atoms with Gasteiger partial charge in [-0.3, -0.25) is 0 Å². The third kappa shape index (κ3) is 4.10. The van der Waals surface area contributed by atoms with Gasteiger partial charge in [-0.1, -0.05) is 6.42 Å². The second kappa shape index (κ2) is 6.34. The normalized spacial score (nSPS) is 22.1. The molecule has 7 heteroatoms. The molecule has 4 nitrogen and oxygen atoms in total. The Morgan fingerprint density at radius 1 is 1.24 bits per heavy atom. The van der Waals surface area contributed by atoms with E-state index in [0.29, 0.717) is 12.2 Å². The van der Waals surface area contributed by atoms with Crippen molar-refractivity contribution < 1.29 is 18.0 Å². The van der Waals surface area contributed by atoms with Crippen molar-refractivity contribution in [1.82, 2.24) is 5.32 Å². The second-order valence-electron chi connectivity index (χ2n) is 5.21. The van der Waals surface area contributed by atoms with E-state index in [1.54, 1.807) is 0 Å². The molecule has 0 radical (unpaired) electrons. The molecule has 2 unspecified atom stereocenters. The van der Waals surface area contributed by atoms with Crippen molar-refractivity contribution in [2.45, 2.75) is 31.5 Å². The lowest BCUT2D eigenvalue weighted by atomic mass is 10.0. The van der Waals surface area contributed by atoms with Gasteiger partial charge >= 0.3 is 12.2 Å². The van der Waals surface area contributed by atoms with E-state index < -0.39 is 17.8 Å². The number of urea groups is 1. The molecule has 21 heavy (non-hydrogen) atoms. The molecule has 116 valence electrons. The molecule has 2 rings (SSSR count). The highest BCUT2D eigenvalue weighted by Crippen LogP contribution is 2.30. The van der Waals surface area contributed by atoms with Gasteiger partial charge in [0.1, 0.15) is 0 Å². The van der Waals surface area contributed by atoms with E-state index >= 15 is 0 Å². The van der Waals surface area contributed by atoms with Crippen molar-refractivity contribution in [2.75, 3.05) is 11.9 Å². The number of hydrogen-bond donors (Lipinski definition) is 3. The second-order valence-corrected chi connectivity index (χ2v) is 5.21. The molecule has 1 saturated carbocycles. The first-order valence-electron chi connectivity index (χ1n) is 6.85. The zero-order valence-corrected chi connectivity index (χ0v) is 11.4. The molecule has 1 fully saturated rings. The minimum absolute atomic E-state index is 0.0319. The summed E-state index contributed by atoms with van der Waals surface area (Å²) in [7, 11) is 0. The summed E-state index contributed by atoms with van der Waals surface area (Å²) in [6, 6.07) is 3.96. The van der Waals surface area contributed by atoms with Crippen LogP contribution >= 0.6 is 0 Å². The minimum atomic E-state index is -4.38. The molecule has 0 spiro atoms. The molecule has 1 aromatic carbocycles. The summed E-state index contributed by atoms with van der Waals surface area (Å²) in [6.07, 6.45) is -1.49. The Hall–Kier alpha value is -1.76. The van der Waals surface area contributed by atoms with Gasteiger partial charge in [-0.15, -0.1) is 0 Å². The Labute approximate surface area is 120 Å². The summed E-state index contributed by atoms with van der Waals surface area (Å²) < 4.78 is 37.3. The van der Waals surface area contributed by atoms with Crippen LogP contribution in [0.15, 0.2) is 24.3 Å². The number of anilines is 1. The van der Waals surface area contributed by atoms with Gasteiger partial charge in [-0.2, -0.15) is 13.2 Å². The molecule has 1 aliphatic carbocycles. The van der Waals surface area contributed by atoms with Crippen molar-refractivity contribution in [3.8, 4) is 0 Å². The molecule has 1 aliphatic rings. The predicted octanol–water partition coefficient (Wildman–Crippen LogP) is 2.95. The van der Waals surface area contributed by atoms with Gasteiger partial charge < -0.3 is 16.4 Å². The number of nitrogens with two attached hydrogens (primary N) is 1. The Morgan fingerprint density at radius 2 is 1.90 bits per heavy atom. The van der Waals surface area contributed by atoms with Crippen LogP contribution in [0.25, 0.3) is 0 Å². The maximum atomic E-state index is 12.4. The number of rotatable bonds is 3. The first-order chi connectivity index (χ1) is 9.90. The van der Waals surface area contributed by atoms with Gasteiger partial charge in [0, 0.05) is 11.7 Å². The Balaban J connectivity index is 1.91. The zero-order chi connectivity index (χ0) is 15.5. The molecule has 0 saturated heterocycles. The number of alkyl halides is 3. The monoisotopic (exact) mass is 301 g/mol. The highest BCUT2D eigenvalue weighted by Gasteiger charge is 2.30. The van der Waals surface area contributed by atoms with Crippen molar-refractivity contribution in [3.05, 3.63) is 29.8 Å². The van der Waals surface area contributed by atoms with E-state index in [1.165, 1.54) is 12.1 Å². The molecule has 0 aliphatic heterocycles. The van der Waals surface area contributed by atoms with Crippen molar-refractivity contribution in [3.63, 3.8) is 0 Å². The first kappa shape index (κ1) is 15.6. The Morgan fingerprint density at radius 3 is 2.48 bits per heavy atom. The number of carbonyl (C=O) groups excluding carboxylic acids is 1. The molecule has 4 N–H and O–H groups in total. The quantitative estimate of drug-likeness (QED) is 0.803. The minimum Gasteiger partial charge on any atom is -0.335 e. The molecule has 2 atom stereocenters. The predicted molar refractivity (Wildman–Crippen MR) is 73.8 cm³/mol. The maximum Gasteiger partial charge on any atom is 0.416 e. The third-order valence-electron chi connectivity index (χ3n) is 3.75. The van der Waals surface area contributed by atoms with Crippen molar-refractivity contribution >= 4 is 11.7 Å². The molecular formula is C14H18F3N3O. The standard InChI is InChI=1S/C14H18F3N3O/c15-14(16,17)10-4-6-11(7-5-10)19-13(21)20-12-3-1-2-9(12)8-18/h4-7,9,12H,1-3,8,18H2,(H2,19,20,21). The smallest absolute Gasteiger partial charge is 0.335 e. The SMILES string of the molecule is NCC1CCCC1NC(=O)Nc1ccc(C(F)(F)F)cc1. The fourth-order valence-electron chi connectivity index (χ4n) is 2.59. The maximum absolute atomic E-state index is 12.4. The average molecular weight is 301 g/mol. The van der Waals surface area contributed by atoms with Crippen LogP contribution in [0.4, 0.5) is 23.7 Å². The molecule has 0 aromatic heterocycles. The van der Waals surface area contributed by atoms with Crippen LogP contribution in [0.2, 0.25) is 0 Å². The number of hydrogen-bond acceptors (Lipinski definition) is 2. The van der Waals surface area contributed by atoms with Crippen LogP contribution in [0.1, 0.15) is 24.8 Å². The summed E-state index contributed by atoms with van der Waals surface area (Å²) in [5.74, 6) is 0.267. The molecule has 0 heterocycles. The van der Waals surface area contributed by atoms with Crippen LogP contribution in [0.5, 0.6) is 0 Å². The number of nitrogens with one attached hydrogen (secondary N) is 2. The van der Waals surface area contributed by atoms with Crippen molar-refractivity contribution in [1.29, 1.82) is 0 Å². The summed E-state index contributed by atoms with van der Waals surface area (Å²) >= 11 is 0. The van der Waals surface area contributed by atoms with Crippen LogP contribution in [0.3, 0.4) is 0 Å². The lowest BCUT2D eigenvalue weighted by Crippen LogP contribution is -2.42. The number of amides is 2. The van der Waals surface area contributed by atoms with Gasteiger partial charge in [-0.25, -0.2) is 4.79 Å². The van der Waals surface area contributed by atoms with Gasteiger partial charge in [0.15, 0.2) is 0 Å². The number of benzene rings is 1. The van der Waals surface area contributed by atoms with Gasteiger partial charge in [0.25, 0.3) is 0 Å². The Bertz CT molecular complexity index is 487. The lowest BCUT2D eigenvalue weighted by molar-refractivity contribution is -0.137.